The van der Waals surface area contributed by atoms with Gasteiger partial charge in [-0.05, 0) is 65.1 Å². The van der Waals surface area contributed by atoms with Gasteiger partial charge >= 0.3 is 0 Å². The zero-order valence-corrected chi connectivity index (χ0v) is 12.1. The summed E-state index contributed by atoms with van der Waals surface area (Å²) in [7, 11) is 1.98. The third-order valence-electron chi connectivity index (χ3n) is 2.99. The van der Waals surface area contributed by atoms with Gasteiger partial charge in [-0.2, -0.15) is 0 Å². The van der Waals surface area contributed by atoms with Crippen LogP contribution >= 0.6 is 15.9 Å². The lowest BCUT2D eigenvalue weighted by atomic mass is 9.98. The molecule has 0 radical (unpaired) electrons. The third kappa shape index (κ3) is 3.15. The number of halogens is 1. The maximum atomic E-state index is 4.20. The number of pyridine rings is 2. The standard InChI is InChI=1S/C14H16BrN3/c1-10-7-17-4-3-13(10)14(16-2)6-11-5-12(15)9-18-8-11/h3-5,7-9,14,16H,6H2,1-2H3. The summed E-state index contributed by atoms with van der Waals surface area (Å²) in [5.41, 5.74) is 3.70. The minimum Gasteiger partial charge on any atom is -0.313 e. The monoisotopic (exact) mass is 305 g/mol. The normalized spacial score (nSPS) is 12.4. The van der Waals surface area contributed by atoms with E-state index in [0.717, 1.165) is 10.9 Å². The Kier molecular flexibility index (Phi) is 4.44. The van der Waals surface area contributed by atoms with Crippen LogP contribution in [0.5, 0.6) is 0 Å². The SMILES string of the molecule is CNC(Cc1cncc(Br)c1)c1ccncc1C. The Balaban J connectivity index is 2.23. The van der Waals surface area contributed by atoms with Gasteiger partial charge < -0.3 is 5.32 Å². The minimum atomic E-state index is 0.282. The molecule has 1 unspecified atom stereocenters. The van der Waals surface area contributed by atoms with Crippen LogP contribution in [-0.4, -0.2) is 17.0 Å². The summed E-state index contributed by atoms with van der Waals surface area (Å²) in [4.78, 5) is 8.34. The topological polar surface area (TPSA) is 37.8 Å². The van der Waals surface area contributed by atoms with Crippen molar-refractivity contribution in [1.29, 1.82) is 0 Å². The summed E-state index contributed by atoms with van der Waals surface area (Å²) >= 11 is 3.45. The van der Waals surface area contributed by atoms with Crippen molar-refractivity contribution in [2.45, 2.75) is 19.4 Å². The Morgan fingerprint density at radius 3 is 2.78 bits per heavy atom. The molecular formula is C14H16BrN3. The van der Waals surface area contributed by atoms with E-state index in [4.69, 9.17) is 0 Å². The number of hydrogen-bond donors (Lipinski definition) is 1. The molecule has 0 saturated carbocycles. The molecule has 2 aromatic rings. The number of hydrogen-bond acceptors (Lipinski definition) is 3. The molecule has 0 aliphatic heterocycles. The van der Waals surface area contributed by atoms with E-state index >= 15 is 0 Å². The summed E-state index contributed by atoms with van der Waals surface area (Å²) in [6.45, 7) is 2.09. The second-order valence-electron chi connectivity index (χ2n) is 4.29. The molecule has 0 aliphatic rings. The van der Waals surface area contributed by atoms with E-state index in [0.29, 0.717) is 0 Å². The van der Waals surface area contributed by atoms with Crippen molar-refractivity contribution in [3.8, 4) is 0 Å². The minimum absolute atomic E-state index is 0.282. The number of nitrogens with one attached hydrogen (secondary N) is 1. The first-order valence-electron chi connectivity index (χ1n) is 5.88. The molecule has 0 spiro atoms. The van der Waals surface area contributed by atoms with Crippen molar-refractivity contribution >= 4 is 15.9 Å². The van der Waals surface area contributed by atoms with Gasteiger partial charge in [-0.15, -0.1) is 0 Å². The average molecular weight is 306 g/mol. The number of aryl methyl sites for hydroxylation is 1. The molecule has 2 heterocycles. The Morgan fingerprint density at radius 2 is 2.11 bits per heavy atom. The largest absolute Gasteiger partial charge is 0.313 e. The van der Waals surface area contributed by atoms with Gasteiger partial charge in [-0.3, -0.25) is 9.97 Å². The lowest BCUT2D eigenvalue weighted by Crippen LogP contribution is -2.20. The molecule has 18 heavy (non-hydrogen) atoms. The molecule has 1 N–H and O–H groups in total. The van der Waals surface area contributed by atoms with Crippen LogP contribution in [0.3, 0.4) is 0 Å². The van der Waals surface area contributed by atoms with E-state index in [-0.39, 0.29) is 6.04 Å². The summed E-state index contributed by atoms with van der Waals surface area (Å²) in [6.07, 6.45) is 8.36. The average Bonchev–Trinajstić information content (AvgIpc) is 2.37. The van der Waals surface area contributed by atoms with E-state index in [1.165, 1.54) is 16.7 Å². The molecule has 0 bridgehead atoms. The maximum absolute atomic E-state index is 4.20. The lowest BCUT2D eigenvalue weighted by Gasteiger charge is -2.18. The number of aromatic nitrogens is 2. The van der Waals surface area contributed by atoms with E-state index in [9.17, 15) is 0 Å². The zero-order valence-electron chi connectivity index (χ0n) is 10.5. The van der Waals surface area contributed by atoms with Crippen LogP contribution < -0.4 is 5.32 Å². The number of rotatable bonds is 4. The molecule has 0 aliphatic carbocycles. The molecule has 2 rings (SSSR count). The van der Waals surface area contributed by atoms with Crippen molar-refractivity contribution in [2.24, 2.45) is 0 Å². The molecule has 0 fully saturated rings. The van der Waals surface area contributed by atoms with Crippen LogP contribution in [0.15, 0.2) is 41.4 Å². The Labute approximate surface area is 116 Å². The van der Waals surface area contributed by atoms with E-state index in [1.54, 1.807) is 6.20 Å². The second-order valence-corrected chi connectivity index (χ2v) is 5.20. The van der Waals surface area contributed by atoms with Crippen LogP contribution in [0, 0.1) is 6.92 Å². The number of likely N-dealkylation sites (N-methyl/N-ethyl adjacent to an activating group) is 1. The van der Waals surface area contributed by atoms with Crippen LogP contribution in [0.1, 0.15) is 22.7 Å². The molecular weight excluding hydrogens is 290 g/mol. The predicted octanol–water partition coefficient (Wildman–Crippen LogP) is 3.05. The first-order chi connectivity index (χ1) is 8.70. The van der Waals surface area contributed by atoms with Gasteiger partial charge in [0, 0.05) is 35.3 Å². The summed E-state index contributed by atoms with van der Waals surface area (Å²) in [5, 5.41) is 3.36. The van der Waals surface area contributed by atoms with Gasteiger partial charge in [0.05, 0.1) is 0 Å². The Morgan fingerprint density at radius 1 is 1.28 bits per heavy atom. The molecule has 94 valence electrons. The summed E-state index contributed by atoms with van der Waals surface area (Å²) in [5.74, 6) is 0. The fourth-order valence-electron chi connectivity index (χ4n) is 2.05. The Hall–Kier alpha value is -1.26. The van der Waals surface area contributed by atoms with Crippen molar-refractivity contribution in [2.75, 3.05) is 7.05 Å². The number of nitrogens with zero attached hydrogens (tertiary/aromatic N) is 2. The second kappa shape index (κ2) is 6.07. The predicted molar refractivity (Wildman–Crippen MR) is 76.4 cm³/mol. The molecule has 3 nitrogen and oxygen atoms in total. The molecule has 4 heteroatoms. The van der Waals surface area contributed by atoms with Crippen molar-refractivity contribution < 1.29 is 0 Å². The van der Waals surface area contributed by atoms with E-state index in [2.05, 4.69) is 50.3 Å². The van der Waals surface area contributed by atoms with E-state index in [1.807, 2.05) is 25.6 Å². The Bertz CT molecular complexity index is 528. The van der Waals surface area contributed by atoms with Crippen molar-refractivity contribution in [3.63, 3.8) is 0 Å². The summed E-state index contributed by atoms with van der Waals surface area (Å²) in [6, 6.07) is 4.46. The van der Waals surface area contributed by atoms with Crippen LogP contribution in [0.4, 0.5) is 0 Å². The van der Waals surface area contributed by atoms with Gasteiger partial charge in [0.2, 0.25) is 0 Å². The van der Waals surface area contributed by atoms with Gasteiger partial charge in [0.15, 0.2) is 0 Å². The molecule has 2 aromatic heterocycles. The van der Waals surface area contributed by atoms with Crippen molar-refractivity contribution in [3.05, 3.63) is 58.1 Å². The summed E-state index contributed by atoms with van der Waals surface area (Å²) < 4.78 is 1.02. The van der Waals surface area contributed by atoms with E-state index < -0.39 is 0 Å². The molecule has 1 atom stereocenters. The highest BCUT2D eigenvalue weighted by atomic mass is 79.9. The van der Waals surface area contributed by atoms with Crippen LogP contribution in [0.25, 0.3) is 0 Å². The molecule has 0 aromatic carbocycles. The van der Waals surface area contributed by atoms with Gasteiger partial charge in [-0.1, -0.05) is 0 Å². The van der Waals surface area contributed by atoms with Crippen LogP contribution in [-0.2, 0) is 6.42 Å². The molecule has 0 saturated heterocycles. The zero-order chi connectivity index (χ0) is 13.0. The highest BCUT2D eigenvalue weighted by Crippen LogP contribution is 2.21. The van der Waals surface area contributed by atoms with Gasteiger partial charge in [0.25, 0.3) is 0 Å². The van der Waals surface area contributed by atoms with Gasteiger partial charge in [-0.25, -0.2) is 0 Å². The highest BCUT2D eigenvalue weighted by Gasteiger charge is 2.12. The first kappa shape index (κ1) is 13.2. The quantitative estimate of drug-likeness (QED) is 0.943. The van der Waals surface area contributed by atoms with Crippen LogP contribution in [0.2, 0.25) is 0 Å². The smallest absolute Gasteiger partial charge is 0.0410 e. The fraction of sp³-hybridized carbons (Fsp3) is 0.286. The highest BCUT2D eigenvalue weighted by molar-refractivity contribution is 9.10. The van der Waals surface area contributed by atoms with Crippen molar-refractivity contribution in [1.82, 2.24) is 15.3 Å². The molecule has 0 amide bonds. The fourth-order valence-corrected chi connectivity index (χ4v) is 2.46. The lowest BCUT2D eigenvalue weighted by molar-refractivity contribution is 0.587. The third-order valence-corrected chi connectivity index (χ3v) is 3.42. The maximum Gasteiger partial charge on any atom is 0.0410 e. The first-order valence-corrected chi connectivity index (χ1v) is 6.67. The van der Waals surface area contributed by atoms with Gasteiger partial charge in [0.1, 0.15) is 0 Å².